The molecule has 1 aromatic carbocycles. The third kappa shape index (κ3) is 4.44. The fourth-order valence-corrected chi connectivity index (χ4v) is 3.10. The minimum absolute atomic E-state index is 0.00589. The number of halogens is 3. The lowest BCUT2D eigenvalue weighted by Crippen LogP contribution is -2.48. The topological polar surface area (TPSA) is 64.6 Å². The molecule has 1 amide bonds. The molecule has 0 bridgehead atoms. The van der Waals surface area contributed by atoms with Gasteiger partial charge in [0.1, 0.15) is 11.6 Å². The summed E-state index contributed by atoms with van der Waals surface area (Å²) in [5.41, 5.74) is 0.823. The van der Waals surface area contributed by atoms with Gasteiger partial charge < -0.3 is 14.4 Å². The fraction of sp³-hybridized carbons (Fsp3) is 0.389. The molecule has 2 aromatic rings. The molecule has 144 valence electrons. The second kappa shape index (κ2) is 8.04. The first-order valence-electron chi connectivity index (χ1n) is 8.31. The van der Waals surface area contributed by atoms with Crippen LogP contribution in [0.2, 0.25) is 5.02 Å². The van der Waals surface area contributed by atoms with E-state index in [1.165, 1.54) is 18.1 Å². The molecule has 0 N–H and O–H groups in total. The molecule has 0 radical (unpaired) electrons. The Balaban J connectivity index is 1.71. The Kier molecular flexibility index (Phi) is 5.74. The van der Waals surface area contributed by atoms with Gasteiger partial charge in [-0.1, -0.05) is 41.9 Å². The molecular formula is C18H18ClF2N3O3. The Morgan fingerprint density at radius 2 is 2.07 bits per heavy atom. The molecule has 0 saturated carbocycles. The standard InChI is InChI=1S/C18H18ClF2N3O3/c1-26-16-14(19)9-15(22-23-16)13-10-24(8-7-18(13,20)21)17(25)27-11-12-5-3-2-4-6-12/h2-6,9,13H,7-8,10-11H2,1H3/t13-/m0/s1. The SMILES string of the molecule is COc1nnc([C@@H]2CN(C(=O)OCc3ccccc3)CCC2(F)F)cc1Cl. The number of amides is 1. The van der Waals surface area contributed by atoms with E-state index in [0.717, 1.165) is 5.56 Å². The largest absolute Gasteiger partial charge is 0.479 e. The van der Waals surface area contributed by atoms with Crippen molar-refractivity contribution in [1.82, 2.24) is 15.1 Å². The van der Waals surface area contributed by atoms with Crippen LogP contribution >= 0.6 is 11.6 Å². The Morgan fingerprint density at radius 3 is 2.74 bits per heavy atom. The van der Waals surface area contributed by atoms with Crippen molar-refractivity contribution in [1.29, 1.82) is 0 Å². The van der Waals surface area contributed by atoms with Crippen molar-refractivity contribution in [3.8, 4) is 5.88 Å². The number of hydrogen-bond acceptors (Lipinski definition) is 5. The lowest BCUT2D eigenvalue weighted by Gasteiger charge is -2.37. The molecule has 2 heterocycles. The highest BCUT2D eigenvalue weighted by Gasteiger charge is 2.47. The molecule has 6 nitrogen and oxygen atoms in total. The second-order valence-electron chi connectivity index (χ2n) is 6.18. The minimum atomic E-state index is -3.04. The number of likely N-dealkylation sites (tertiary alicyclic amines) is 1. The van der Waals surface area contributed by atoms with Gasteiger partial charge in [-0.2, -0.15) is 5.10 Å². The monoisotopic (exact) mass is 397 g/mol. The molecule has 0 unspecified atom stereocenters. The summed E-state index contributed by atoms with van der Waals surface area (Å²) in [6.07, 6.45) is -1.14. The van der Waals surface area contributed by atoms with Crippen LogP contribution < -0.4 is 4.74 Å². The van der Waals surface area contributed by atoms with E-state index in [0.29, 0.717) is 0 Å². The van der Waals surface area contributed by atoms with E-state index in [1.54, 1.807) is 0 Å². The quantitative estimate of drug-likeness (QED) is 0.782. The summed E-state index contributed by atoms with van der Waals surface area (Å²) in [7, 11) is 1.36. The lowest BCUT2D eigenvalue weighted by molar-refractivity contribution is -0.0741. The van der Waals surface area contributed by atoms with Gasteiger partial charge in [0.05, 0.1) is 18.7 Å². The Labute approximate surface area is 160 Å². The molecule has 27 heavy (non-hydrogen) atoms. The van der Waals surface area contributed by atoms with Gasteiger partial charge in [0.15, 0.2) is 0 Å². The molecule has 0 aliphatic carbocycles. The summed E-state index contributed by atoms with van der Waals surface area (Å²) < 4.78 is 39.0. The van der Waals surface area contributed by atoms with Crippen molar-refractivity contribution < 1.29 is 23.0 Å². The van der Waals surface area contributed by atoms with Gasteiger partial charge in [-0.05, 0) is 11.6 Å². The number of nitrogens with zero attached hydrogens (tertiary/aromatic N) is 3. The zero-order valence-electron chi connectivity index (χ0n) is 14.6. The lowest BCUT2D eigenvalue weighted by atomic mass is 9.90. The fourth-order valence-electron chi connectivity index (χ4n) is 2.87. The molecule has 1 saturated heterocycles. The number of piperidine rings is 1. The molecule has 0 spiro atoms. The van der Waals surface area contributed by atoms with Crippen molar-refractivity contribution in [2.24, 2.45) is 0 Å². The highest BCUT2D eigenvalue weighted by Crippen LogP contribution is 2.40. The predicted octanol–water partition coefficient (Wildman–Crippen LogP) is 3.90. The van der Waals surface area contributed by atoms with Crippen molar-refractivity contribution in [2.45, 2.75) is 24.9 Å². The third-order valence-electron chi connectivity index (χ3n) is 4.38. The molecule has 9 heteroatoms. The maximum atomic E-state index is 14.4. The number of ether oxygens (including phenoxy) is 2. The van der Waals surface area contributed by atoms with E-state index in [1.807, 2.05) is 30.3 Å². The Bertz CT molecular complexity index is 808. The van der Waals surface area contributed by atoms with E-state index in [9.17, 15) is 13.6 Å². The number of aromatic nitrogens is 2. The number of methoxy groups -OCH3 is 1. The average Bonchev–Trinajstić information content (AvgIpc) is 2.66. The van der Waals surface area contributed by atoms with Crippen LogP contribution in [0.1, 0.15) is 23.6 Å². The summed E-state index contributed by atoms with van der Waals surface area (Å²) in [4.78, 5) is 13.6. The first-order valence-corrected chi connectivity index (χ1v) is 8.69. The highest BCUT2D eigenvalue weighted by atomic mass is 35.5. The van der Waals surface area contributed by atoms with Gasteiger partial charge in [0.2, 0.25) is 0 Å². The number of alkyl halides is 2. The maximum Gasteiger partial charge on any atom is 0.410 e. The van der Waals surface area contributed by atoms with Gasteiger partial charge in [-0.25, -0.2) is 13.6 Å². The summed E-state index contributed by atoms with van der Waals surface area (Å²) >= 11 is 5.98. The van der Waals surface area contributed by atoms with Gasteiger partial charge in [-0.3, -0.25) is 0 Å². The summed E-state index contributed by atoms with van der Waals surface area (Å²) in [5, 5.41) is 7.60. The van der Waals surface area contributed by atoms with Gasteiger partial charge in [0, 0.05) is 19.5 Å². The van der Waals surface area contributed by atoms with E-state index in [-0.39, 0.29) is 36.3 Å². The van der Waals surface area contributed by atoms with E-state index in [2.05, 4.69) is 10.2 Å². The molecular weight excluding hydrogens is 380 g/mol. The zero-order valence-corrected chi connectivity index (χ0v) is 15.3. The summed E-state index contributed by atoms with van der Waals surface area (Å²) in [6.45, 7) is -0.266. The molecule has 3 rings (SSSR count). The molecule has 1 atom stereocenters. The smallest absolute Gasteiger partial charge is 0.410 e. The van der Waals surface area contributed by atoms with Crippen molar-refractivity contribution >= 4 is 17.7 Å². The first kappa shape index (κ1) is 19.3. The van der Waals surface area contributed by atoms with Crippen LogP contribution in [0, 0.1) is 0 Å². The summed E-state index contributed by atoms with van der Waals surface area (Å²) in [5.74, 6) is -4.31. The molecule has 1 aliphatic rings. The van der Waals surface area contributed by atoms with Crippen LogP contribution in [-0.4, -0.2) is 47.3 Å². The van der Waals surface area contributed by atoms with E-state index < -0.39 is 24.4 Å². The number of carbonyl (C=O) groups is 1. The van der Waals surface area contributed by atoms with Crippen molar-refractivity contribution in [2.75, 3.05) is 20.2 Å². The predicted molar refractivity (Wildman–Crippen MR) is 94.1 cm³/mol. The number of hydrogen-bond donors (Lipinski definition) is 0. The van der Waals surface area contributed by atoms with Crippen LogP contribution in [-0.2, 0) is 11.3 Å². The van der Waals surface area contributed by atoms with E-state index in [4.69, 9.17) is 21.1 Å². The van der Waals surface area contributed by atoms with Crippen LogP contribution in [0.5, 0.6) is 5.88 Å². The van der Waals surface area contributed by atoms with Crippen molar-refractivity contribution in [3.63, 3.8) is 0 Å². The Morgan fingerprint density at radius 1 is 1.33 bits per heavy atom. The second-order valence-corrected chi connectivity index (χ2v) is 6.58. The van der Waals surface area contributed by atoms with Crippen LogP contribution in [0.3, 0.4) is 0 Å². The number of benzene rings is 1. The minimum Gasteiger partial charge on any atom is -0.479 e. The maximum absolute atomic E-state index is 14.4. The molecule has 1 aromatic heterocycles. The normalized spacial score (nSPS) is 18.8. The van der Waals surface area contributed by atoms with Crippen LogP contribution in [0.25, 0.3) is 0 Å². The number of carbonyl (C=O) groups excluding carboxylic acids is 1. The average molecular weight is 398 g/mol. The van der Waals surface area contributed by atoms with Gasteiger partial charge >= 0.3 is 6.09 Å². The van der Waals surface area contributed by atoms with Crippen LogP contribution in [0.15, 0.2) is 36.4 Å². The molecule has 1 aliphatic heterocycles. The van der Waals surface area contributed by atoms with Gasteiger partial charge in [-0.15, -0.1) is 5.10 Å². The zero-order chi connectivity index (χ0) is 19.4. The Hall–Kier alpha value is -2.48. The highest BCUT2D eigenvalue weighted by molar-refractivity contribution is 6.31. The summed E-state index contributed by atoms with van der Waals surface area (Å²) in [6, 6.07) is 10.4. The first-order chi connectivity index (χ1) is 12.9. The van der Waals surface area contributed by atoms with Crippen molar-refractivity contribution in [3.05, 3.63) is 52.7 Å². The van der Waals surface area contributed by atoms with E-state index >= 15 is 0 Å². The molecule has 1 fully saturated rings. The third-order valence-corrected chi connectivity index (χ3v) is 4.65. The number of rotatable bonds is 4. The van der Waals surface area contributed by atoms with Crippen LogP contribution in [0.4, 0.5) is 13.6 Å². The van der Waals surface area contributed by atoms with Gasteiger partial charge in [0.25, 0.3) is 11.8 Å².